The first-order valence-corrected chi connectivity index (χ1v) is 6.25. The smallest absolute Gasteiger partial charge is 0.253 e. The van der Waals surface area contributed by atoms with E-state index in [1.165, 1.54) is 0 Å². The summed E-state index contributed by atoms with van der Waals surface area (Å²) >= 11 is 0. The van der Waals surface area contributed by atoms with Crippen molar-refractivity contribution in [1.29, 1.82) is 0 Å². The number of nitrogens with zero attached hydrogens (tertiary/aromatic N) is 1. The van der Waals surface area contributed by atoms with Gasteiger partial charge in [0, 0.05) is 18.7 Å². The molecule has 18 heavy (non-hydrogen) atoms. The standard InChI is InChI=1S/C14H22N2O2/c1-5-11(6-2)16(3)14(17)10-7-8-12(15)13(9-10)18-4/h7-9,11H,5-6,15H2,1-4H3. The summed E-state index contributed by atoms with van der Waals surface area (Å²) < 4.78 is 5.13. The molecule has 0 radical (unpaired) electrons. The SMILES string of the molecule is CCC(CC)N(C)C(=O)c1ccc(N)c(OC)c1. The number of carbonyl (C=O) groups excluding carboxylic acids is 1. The molecule has 1 rings (SSSR count). The largest absolute Gasteiger partial charge is 0.495 e. The first kappa shape index (κ1) is 14.4. The fourth-order valence-electron chi connectivity index (χ4n) is 2.05. The Morgan fingerprint density at radius 2 is 2.00 bits per heavy atom. The van der Waals surface area contributed by atoms with Gasteiger partial charge in [0.15, 0.2) is 0 Å². The lowest BCUT2D eigenvalue weighted by Gasteiger charge is -2.26. The Bertz CT molecular complexity index is 414. The van der Waals surface area contributed by atoms with Crippen molar-refractivity contribution in [3.05, 3.63) is 23.8 Å². The quantitative estimate of drug-likeness (QED) is 0.817. The first-order chi connectivity index (χ1) is 8.54. The van der Waals surface area contributed by atoms with E-state index in [0.717, 1.165) is 12.8 Å². The average molecular weight is 250 g/mol. The molecule has 2 N–H and O–H groups in total. The molecule has 0 aliphatic carbocycles. The molecule has 1 aromatic carbocycles. The maximum atomic E-state index is 12.3. The number of carbonyl (C=O) groups is 1. The van der Waals surface area contributed by atoms with E-state index in [0.29, 0.717) is 17.0 Å². The molecule has 4 heteroatoms. The molecule has 100 valence electrons. The number of hydrogen-bond donors (Lipinski definition) is 1. The van der Waals surface area contributed by atoms with E-state index in [-0.39, 0.29) is 11.9 Å². The molecule has 0 spiro atoms. The third-order valence-electron chi connectivity index (χ3n) is 3.29. The van der Waals surface area contributed by atoms with E-state index in [4.69, 9.17) is 10.5 Å². The number of methoxy groups -OCH3 is 1. The van der Waals surface area contributed by atoms with Crippen LogP contribution in [0.15, 0.2) is 18.2 Å². The molecule has 0 heterocycles. The van der Waals surface area contributed by atoms with E-state index in [1.807, 2.05) is 7.05 Å². The van der Waals surface area contributed by atoms with Gasteiger partial charge in [0.05, 0.1) is 12.8 Å². The first-order valence-electron chi connectivity index (χ1n) is 6.25. The lowest BCUT2D eigenvalue weighted by atomic mass is 10.1. The predicted octanol–water partition coefficient (Wildman–Crippen LogP) is 2.54. The van der Waals surface area contributed by atoms with Crippen molar-refractivity contribution >= 4 is 11.6 Å². The van der Waals surface area contributed by atoms with Gasteiger partial charge in [-0.2, -0.15) is 0 Å². The molecule has 0 unspecified atom stereocenters. The molecule has 0 bridgehead atoms. The Labute approximate surface area is 109 Å². The number of anilines is 1. The molecule has 0 aromatic heterocycles. The van der Waals surface area contributed by atoms with Crippen LogP contribution in [0, 0.1) is 0 Å². The van der Waals surface area contributed by atoms with Crippen LogP contribution in [0.25, 0.3) is 0 Å². The van der Waals surface area contributed by atoms with Crippen molar-refractivity contribution in [2.75, 3.05) is 19.9 Å². The average Bonchev–Trinajstić information content (AvgIpc) is 2.39. The van der Waals surface area contributed by atoms with Crippen molar-refractivity contribution in [1.82, 2.24) is 4.90 Å². The molecular formula is C14H22N2O2. The second-order valence-corrected chi connectivity index (χ2v) is 4.34. The van der Waals surface area contributed by atoms with Crippen LogP contribution in [0.4, 0.5) is 5.69 Å². The molecule has 0 fully saturated rings. The Morgan fingerprint density at radius 3 is 2.50 bits per heavy atom. The zero-order valence-electron chi connectivity index (χ0n) is 11.6. The van der Waals surface area contributed by atoms with Gasteiger partial charge < -0.3 is 15.4 Å². The van der Waals surface area contributed by atoms with Gasteiger partial charge in [-0.25, -0.2) is 0 Å². The van der Waals surface area contributed by atoms with Gasteiger partial charge >= 0.3 is 0 Å². The number of nitrogens with two attached hydrogens (primary N) is 1. The van der Waals surface area contributed by atoms with Crippen LogP contribution >= 0.6 is 0 Å². The fraction of sp³-hybridized carbons (Fsp3) is 0.500. The molecule has 1 aromatic rings. The monoisotopic (exact) mass is 250 g/mol. The Hall–Kier alpha value is -1.71. The summed E-state index contributed by atoms with van der Waals surface area (Å²) in [6, 6.07) is 5.39. The molecule has 1 amide bonds. The summed E-state index contributed by atoms with van der Waals surface area (Å²) in [5.41, 5.74) is 6.89. The number of rotatable bonds is 5. The third-order valence-corrected chi connectivity index (χ3v) is 3.29. The Kier molecular flexibility index (Phi) is 5.01. The minimum Gasteiger partial charge on any atom is -0.495 e. The highest BCUT2D eigenvalue weighted by atomic mass is 16.5. The summed E-state index contributed by atoms with van der Waals surface area (Å²) in [7, 11) is 3.38. The van der Waals surface area contributed by atoms with Crippen LogP contribution in [-0.2, 0) is 0 Å². The van der Waals surface area contributed by atoms with E-state index in [1.54, 1.807) is 30.2 Å². The van der Waals surface area contributed by atoms with Gasteiger partial charge in [0.25, 0.3) is 5.91 Å². The van der Waals surface area contributed by atoms with Gasteiger partial charge in [0.2, 0.25) is 0 Å². The summed E-state index contributed by atoms with van der Waals surface area (Å²) in [4.78, 5) is 14.1. The van der Waals surface area contributed by atoms with Crippen molar-refractivity contribution in [3.8, 4) is 5.75 Å². The van der Waals surface area contributed by atoms with Crippen LogP contribution < -0.4 is 10.5 Å². The summed E-state index contributed by atoms with van der Waals surface area (Å²) in [6.07, 6.45) is 1.90. The minimum atomic E-state index is 0.00185. The molecule has 4 nitrogen and oxygen atoms in total. The van der Waals surface area contributed by atoms with Crippen molar-refractivity contribution in [2.24, 2.45) is 0 Å². The minimum absolute atomic E-state index is 0.00185. The number of hydrogen-bond acceptors (Lipinski definition) is 3. The number of nitrogen functional groups attached to an aromatic ring is 1. The van der Waals surface area contributed by atoms with Crippen molar-refractivity contribution in [2.45, 2.75) is 32.7 Å². The third kappa shape index (κ3) is 2.94. The fourth-order valence-corrected chi connectivity index (χ4v) is 2.05. The predicted molar refractivity (Wildman–Crippen MR) is 73.9 cm³/mol. The maximum absolute atomic E-state index is 12.3. The van der Waals surface area contributed by atoms with E-state index in [2.05, 4.69) is 13.8 Å². The van der Waals surface area contributed by atoms with Crippen LogP contribution in [0.5, 0.6) is 5.75 Å². The van der Waals surface area contributed by atoms with Crippen LogP contribution in [-0.4, -0.2) is 31.0 Å². The zero-order chi connectivity index (χ0) is 13.7. The van der Waals surface area contributed by atoms with Gasteiger partial charge in [-0.1, -0.05) is 13.8 Å². The molecule has 0 aliphatic heterocycles. The highest BCUT2D eigenvalue weighted by Gasteiger charge is 2.19. The van der Waals surface area contributed by atoms with Crippen LogP contribution in [0.2, 0.25) is 0 Å². The van der Waals surface area contributed by atoms with Gasteiger partial charge in [-0.15, -0.1) is 0 Å². The Balaban J connectivity index is 2.96. The molecule has 0 saturated heterocycles. The van der Waals surface area contributed by atoms with Crippen LogP contribution in [0.3, 0.4) is 0 Å². The topological polar surface area (TPSA) is 55.6 Å². The van der Waals surface area contributed by atoms with E-state index in [9.17, 15) is 4.79 Å². The molecule has 0 saturated carbocycles. The lowest BCUT2D eigenvalue weighted by molar-refractivity contribution is 0.0723. The van der Waals surface area contributed by atoms with Gasteiger partial charge in [0.1, 0.15) is 5.75 Å². The number of ether oxygens (including phenoxy) is 1. The Morgan fingerprint density at radius 1 is 1.39 bits per heavy atom. The molecule has 0 atom stereocenters. The summed E-state index contributed by atoms with van der Waals surface area (Å²) in [5, 5.41) is 0. The number of amides is 1. The highest BCUT2D eigenvalue weighted by Crippen LogP contribution is 2.23. The van der Waals surface area contributed by atoms with Crippen molar-refractivity contribution < 1.29 is 9.53 Å². The lowest BCUT2D eigenvalue weighted by Crippen LogP contribution is -2.36. The molecular weight excluding hydrogens is 228 g/mol. The van der Waals surface area contributed by atoms with Gasteiger partial charge in [-0.3, -0.25) is 4.79 Å². The van der Waals surface area contributed by atoms with E-state index < -0.39 is 0 Å². The van der Waals surface area contributed by atoms with Crippen LogP contribution in [0.1, 0.15) is 37.0 Å². The second kappa shape index (κ2) is 6.28. The summed E-state index contributed by atoms with van der Waals surface area (Å²) in [6.45, 7) is 4.17. The molecule has 0 aliphatic rings. The maximum Gasteiger partial charge on any atom is 0.253 e. The zero-order valence-corrected chi connectivity index (χ0v) is 11.6. The second-order valence-electron chi connectivity index (χ2n) is 4.34. The summed E-state index contributed by atoms with van der Waals surface area (Å²) in [5.74, 6) is 0.542. The van der Waals surface area contributed by atoms with E-state index >= 15 is 0 Å². The van der Waals surface area contributed by atoms with Gasteiger partial charge in [-0.05, 0) is 31.0 Å². The number of benzene rings is 1. The highest BCUT2D eigenvalue weighted by molar-refractivity contribution is 5.95. The normalized spacial score (nSPS) is 10.5. The van der Waals surface area contributed by atoms with Crippen molar-refractivity contribution in [3.63, 3.8) is 0 Å².